The van der Waals surface area contributed by atoms with E-state index in [1.807, 2.05) is 26.0 Å². The van der Waals surface area contributed by atoms with Gasteiger partial charge in [-0.25, -0.2) is 9.78 Å². The fourth-order valence-corrected chi connectivity index (χ4v) is 3.19. The van der Waals surface area contributed by atoms with Crippen LogP contribution in [-0.2, 0) is 13.1 Å². The molecule has 3 rings (SSSR count). The van der Waals surface area contributed by atoms with Gasteiger partial charge in [-0.3, -0.25) is 14.3 Å². The highest BCUT2D eigenvalue weighted by molar-refractivity contribution is 6.30. The summed E-state index contributed by atoms with van der Waals surface area (Å²) in [5, 5.41) is 0.638. The van der Waals surface area contributed by atoms with Crippen molar-refractivity contribution >= 4 is 23.1 Å². The van der Waals surface area contributed by atoms with E-state index in [-0.39, 0.29) is 18.1 Å². The van der Waals surface area contributed by atoms with Crippen LogP contribution in [0.15, 0.2) is 44.5 Å². The van der Waals surface area contributed by atoms with Gasteiger partial charge >= 0.3 is 5.69 Å². The van der Waals surface area contributed by atoms with Gasteiger partial charge in [0.2, 0.25) is 5.89 Å². The van der Waals surface area contributed by atoms with Gasteiger partial charge < -0.3 is 15.1 Å². The van der Waals surface area contributed by atoms with Crippen LogP contribution in [0.1, 0.15) is 32.6 Å². The number of nitrogens with zero attached hydrogens (tertiary/aromatic N) is 3. The number of H-pyrrole nitrogens is 1. The number of unbranched alkanes of at least 4 members (excludes halogenated alkanes) is 1. The van der Waals surface area contributed by atoms with Crippen molar-refractivity contribution in [2.45, 2.75) is 39.8 Å². The monoisotopic (exact) mass is 417 g/mol. The van der Waals surface area contributed by atoms with Crippen molar-refractivity contribution in [3.63, 3.8) is 0 Å². The average molecular weight is 418 g/mol. The molecule has 0 spiro atoms. The fraction of sp³-hybridized carbons (Fsp3) is 0.350. The lowest BCUT2D eigenvalue weighted by Gasteiger charge is -2.23. The number of anilines is 2. The third kappa shape index (κ3) is 4.54. The van der Waals surface area contributed by atoms with Crippen molar-refractivity contribution < 1.29 is 4.42 Å². The lowest BCUT2D eigenvalue weighted by atomic mass is 10.2. The predicted octanol–water partition coefficient (Wildman–Crippen LogP) is 3.25. The maximum atomic E-state index is 12.5. The molecule has 29 heavy (non-hydrogen) atoms. The van der Waals surface area contributed by atoms with Crippen LogP contribution in [0.4, 0.5) is 11.5 Å². The summed E-state index contributed by atoms with van der Waals surface area (Å²) >= 11 is 5.92. The first kappa shape index (κ1) is 20.7. The van der Waals surface area contributed by atoms with Crippen LogP contribution in [0.2, 0.25) is 5.02 Å². The van der Waals surface area contributed by atoms with Gasteiger partial charge in [-0.15, -0.1) is 0 Å². The van der Waals surface area contributed by atoms with E-state index in [1.54, 1.807) is 23.2 Å². The van der Waals surface area contributed by atoms with Crippen molar-refractivity contribution in [3.8, 4) is 11.3 Å². The quantitative estimate of drug-likeness (QED) is 0.582. The van der Waals surface area contributed by atoms with E-state index in [1.165, 1.54) is 4.57 Å². The van der Waals surface area contributed by atoms with Gasteiger partial charge in [0, 0.05) is 23.7 Å². The second kappa shape index (κ2) is 9.00. The molecule has 0 aliphatic carbocycles. The Labute approximate surface area is 172 Å². The first-order chi connectivity index (χ1) is 13.9. The van der Waals surface area contributed by atoms with E-state index < -0.39 is 11.2 Å². The van der Waals surface area contributed by atoms with E-state index in [2.05, 4.69) is 9.97 Å². The number of aromatic amines is 1. The number of hydrogen-bond donors (Lipinski definition) is 2. The minimum absolute atomic E-state index is 0.151. The lowest BCUT2D eigenvalue weighted by Crippen LogP contribution is -2.38. The Kier molecular flexibility index (Phi) is 6.43. The molecular weight excluding hydrogens is 394 g/mol. The summed E-state index contributed by atoms with van der Waals surface area (Å²) in [6.07, 6.45) is 3.32. The van der Waals surface area contributed by atoms with Crippen molar-refractivity contribution in [1.29, 1.82) is 0 Å². The minimum Gasteiger partial charge on any atom is -0.439 e. The Morgan fingerprint density at radius 3 is 2.62 bits per heavy atom. The number of halogens is 1. The molecule has 0 bridgehead atoms. The summed E-state index contributed by atoms with van der Waals surface area (Å²) < 4.78 is 7.24. The van der Waals surface area contributed by atoms with Crippen LogP contribution in [-0.4, -0.2) is 21.1 Å². The molecule has 2 heterocycles. The Balaban J connectivity index is 1.90. The fourth-order valence-electron chi connectivity index (χ4n) is 3.06. The number of rotatable bonds is 8. The van der Waals surface area contributed by atoms with E-state index in [0.29, 0.717) is 29.8 Å². The SMILES string of the molecule is CCCCn1c(N)c(N(CC)Cc2ncc(-c3ccc(Cl)cc3)o2)c(=O)[nH]c1=O. The van der Waals surface area contributed by atoms with Crippen LogP contribution in [0.3, 0.4) is 0 Å². The van der Waals surface area contributed by atoms with Crippen molar-refractivity contribution in [2.75, 3.05) is 17.2 Å². The van der Waals surface area contributed by atoms with E-state index in [0.717, 1.165) is 18.4 Å². The highest BCUT2D eigenvalue weighted by Gasteiger charge is 2.20. The Morgan fingerprint density at radius 2 is 1.97 bits per heavy atom. The van der Waals surface area contributed by atoms with Gasteiger partial charge in [-0.05, 0) is 37.6 Å². The number of nitrogens with two attached hydrogens (primary N) is 1. The molecule has 3 N–H and O–H groups in total. The zero-order valence-corrected chi connectivity index (χ0v) is 17.2. The predicted molar refractivity (Wildman–Crippen MR) is 114 cm³/mol. The first-order valence-corrected chi connectivity index (χ1v) is 9.90. The van der Waals surface area contributed by atoms with E-state index >= 15 is 0 Å². The van der Waals surface area contributed by atoms with Crippen molar-refractivity contribution in [1.82, 2.24) is 14.5 Å². The zero-order valence-electron chi connectivity index (χ0n) is 16.4. The first-order valence-electron chi connectivity index (χ1n) is 9.52. The second-order valence-electron chi connectivity index (χ2n) is 6.64. The highest BCUT2D eigenvalue weighted by Crippen LogP contribution is 2.24. The number of oxazole rings is 1. The largest absolute Gasteiger partial charge is 0.439 e. The smallest absolute Gasteiger partial charge is 0.330 e. The number of hydrogen-bond acceptors (Lipinski definition) is 6. The molecule has 0 radical (unpaired) electrons. The number of nitrogens with one attached hydrogen (secondary N) is 1. The molecule has 0 saturated heterocycles. The van der Waals surface area contributed by atoms with Crippen LogP contribution in [0, 0.1) is 0 Å². The van der Waals surface area contributed by atoms with Crippen LogP contribution in [0.5, 0.6) is 0 Å². The van der Waals surface area contributed by atoms with Crippen LogP contribution >= 0.6 is 11.6 Å². The van der Waals surface area contributed by atoms with Crippen molar-refractivity contribution in [3.05, 3.63) is 62.2 Å². The zero-order chi connectivity index (χ0) is 21.0. The average Bonchev–Trinajstić information content (AvgIpc) is 3.16. The molecule has 154 valence electrons. The molecule has 0 fully saturated rings. The molecule has 8 nitrogen and oxygen atoms in total. The van der Waals surface area contributed by atoms with Gasteiger partial charge in [-0.1, -0.05) is 24.9 Å². The summed E-state index contributed by atoms with van der Waals surface area (Å²) in [4.78, 5) is 33.0. The van der Waals surface area contributed by atoms with E-state index in [4.69, 9.17) is 21.8 Å². The standard InChI is InChI=1S/C20H24ClN5O3/c1-3-5-10-26-18(22)17(19(27)24-20(26)28)25(4-2)12-16-23-11-15(29-16)13-6-8-14(21)9-7-13/h6-9,11H,3-5,10,12,22H2,1-2H3,(H,24,27,28). The normalized spacial score (nSPS) is 11.0. The molecule has 3 aromatic rings. The molecule has 0 atom stereocenters. The molecule has 0 aliphatic rings. The molecule has 0 aliphatic heterocycles. The maximum absolute atomic E-state index is 12.5. The summed E-state index contributed by atoms with van der Waals surface area (Å²) in [6.45, 7) is 5.08. The van der Waals surface area contributed by atoms with Gasteiger partial charge in [0.05, 0.1) is 12.7 Å². The molecular formula is C20H24ClN5O3. The Bertz CT molecular complexity index is 1080. The molecule has 1 aromatic carbocycles. The third-order valence-electron chi connectivity index (χ3n) is 4.66. The summed E-state index contributed by atoms with van der Waals surface area (Å²) in [5.74, 6) is 1.18. The van der Waals surface area contributed by atoms with Gasteiger partial charge in [-0.2, -0.15) is 0 Å². The van der Waals surface area contributed by atoms with Crippen LogP contribution in [0.25, 0.3) is 11.3 Å². The third-order valence-corrected chi connectivity index (χ3v) is 4.91. The topological polar surface area (TPSA) is 110 Å². The van der Waals surface area contributed by atoms with E-state index in [9.17, 15) is 9.59 Å². The highest BCUT2D eigenvalue weighted by atomic mass is 35.5. The Hall–Kier alpha value is -3.00. The molecule has 0 amide bonds. The number of aromatic nitrogens is 3. The van der Waals surface area contributed by atoms with Crippen LogP contribution < -0.4 is 21.9 Å². The minimum atomic E-state index is -0.522. The summed E-state index contributed by atoms with van der Waals surface area (Å²) in [7, 11) is 0. The number of benzene rings is 1. The van der Waals surface area contributed by atoms with Gasteiger partial charge in [0.1, 0.15) is 11.5 Å². The van der Waals surface area contributed by atoms with Gasteiger partial charge in [0.25, 0.3) is 5.56 Å². The van der Waals surface area contributed by atoms with Gasteiger partial charge in [0.15, 0.2) is 5.76 Å². The molecule has 0 saturated carbocycles. The summed E-state index contributed by atoms with van der Waals surface area (Å²) in [6, 6.07) is 7.24. The molecule has 9 heteroatoms. The van der Waals surface area contributed by atoms with Crippen molar-refractivity contribution in [2.24, 2.45) is 0 Å². The lowest BCUT2D eigenvalue weighted by molar-refractivity contribution is 0.499. The molecule has 0 unspecified atom stereocenters. The maximum Gasteiger partial charge on any atom is 0.330 e. The molecule has 2 aromatic heterocycles. The second-order valence-corrected chi connectivity index (χ2v) is 7.07. The Morgan fingerprint density at radius 1 is 1.24 bits per heavy atom. The number of nitrogen functional groups attached to an aromatic ring is 1. The summed E-state index contributed by atoms with van der Waals surface area (Å²) in [5.41, 5.74) is 6.28.